The summed E-state index contributed by atoms with van der Waals surface area (Å²) in [7, 11) is 0. The van der Waals surface area contributed by atoms with Crippen LogP contribution < -0.4 is 5.84 Å². The lowest BCUT2D eigenvalue weighted by molar-refractivity contribution is -0.129. The van der Waals surface area contributed by atoms with E-state index >= 15 is 0 Å². The predicted molar refractivity (Wildman–Crippen MR) is 117 cm³/mol. The largest absolute Gasteiger partial charge is 0.355 e. The highest BCUT2D eigenvalue weighted by Gasteiger charge is 2.01. The van der Waals surface area contributed by atoms with Gasteiger partial charge in [0.1, 0.15) is 0 Å². The van der Waals surface area contributed by atoms with Crippen LogP contribution in [-0.4, -0.2) is 37.8 Å². The van der Waals surface area contributed by atoms with Crippen LogP contribution in [0.2, 0.25) is 0 Å². The Morgan fingerprint density at radius 3 is 1.17 bits per heavy atom. The highest BCUT2D eigenvalue weighted by Crippen LogP contribution is 2.16. The summed E-state index contributed by atoms with van der Waals surface area (Å²) in [5, 5.41) is 0.389. The second-order valence-electron chi connectivity index (χ2n) is 6.56. The van der Waals surface area contributed by atoms with Gasteiger partial charge in [-0.2, -0.15) is 0 Å². The molecule has 3 aromatic rings. The second kappa shape index (κ2) is 8.38. The Morgan fingerprint density at radius 2 is 0.933 bits per heavy atom. The molecule has 0 fully saturated rings. The van der Waals surface area contributed by atoms with Gasteiger partial charge in [0.15, 0.2) is 0 Å². The zero-order valence-electron chi connectivity index (χ0n) is 15.8. The topological polar surface area (TPSA) is 121 Å². The zero-order valence-corrected chi connectivity index (χ0v) is 15.8. The quantitative estimate of drug-likeness (QED) is 0.183. The molecule has 4 N–H and O–H groups in total. The van der Waals surface area contributed by atoms with Gasteiger partial charge in [0.25, 0.3) is 0 Å². The number of carbonyl (C=O) groups excluding carboxylic acids is 2. The molecular formula is C22H18N6O2. The average Bonchev–Trinajstić information content (AvgIpc) is 3.53. The Bertz CT molecular complexity index is 1130. The van der Waals surface area contributed by atoms with Gasteiger partial charge in [-0.1, -0.05) is 0 Å². The van der Waals surface area contributed by atoms with Crippen LogP contribution in [-0.2, 0) is 9.59 Å². The first kappa shape index (κ1) is 19.0. The molecule has 0 saturated carbocycles. The molecule has 8 nitrogen and oxygen atoms in total. The van der Waals surface area contributed by atoms with E-state index in [1.54, 1.807) is 0 Å². The van der Waals surface area contributed by atoms with Crippen LogP contribution in [0.1, 0.15) is 22.8 Å². The van der Waals surface area contributed by atoms with Crippen molar-refractivity contribution >= 4 is 59.2 Å². The van der Waals surface area contributed by atoms with Crippen molar-refractivity contribution < 1.29 is 9.59 Å². The zero-order chi connectivity index (χ0) is 20.9. The summed E-state index contributed by atoms with van der Waals surface area (Å²) in [4.78, 5) is 34.6. The lowest BCUT2D eigenvalue weighted by Gasteiger charge is -1.91. The Morgan fingerprint density at radius 1 is 0.633 bits per heavy atom. The third-order valence-electron chi connectivity index (χ3n) is 4.29. The van der Waals surface area contributed by atoms with Crippen LogP contribution in [0.4, 0.5) is 0 Å². The second-order valence-corrected chi connectivity index (χ2v) is 6.56. The molecule has 0 aromatic carbocycles. The number of nitrogens with one attached hydrogen (secondary N) is 2. The number of rotatable bonds is 2. The first-order valence-corrected chi connectivity index (χ1v) is 9.09. The van der Waals surface area contributed by atoms with Gasteiger partial charge in [-0.25, -0.2) is 20.8 Å². The first-order chi connectivity index (χ1) is 14.6. The molecule has 0 spiro atoms. The number of hydrogen-bond acceptors (Lipinski definition) is 5. The molecule has 2 amide bonds. The number of amides is 2. The Labute approximate surface area is 171 Å². The maximum absolute atomic E-state index is 9.31. The normalized spacial score (nSPS) is 11.5. The van der Waals surface area contributed by atoms with Gasteiger partial charge in [-0.05, 0) is 72.8 Å². The van der Waals surface area contributed by atoms with E-state index in [1.165, 1.54) is 0 Å². The average molecular weight is 398 g/mol. The fraction of sp³-hybridized carbons (Fsp3) is 0. The molecule has 5 heterocycles. The summed E-state index contributed by atoms with van der Waals surface area (Å²) in [6.07, 6.45) is 8.52. The van der Waals surface area contributed by atoms with Crippen molar-refractivity contribution in [2.45, 2.75) is 0 Å². The fourth-order valence-corrected chi connectivity index (χ4v) is 2.97. The Kier molecular flexibility index (Phi) is 5.31. The number of nitrogens with two attached hydrogens (primary N) is 1. The summed E-state index contributed by atoms with van der Waals surface area (Å²) in [6, 6.07) is 16.4. The molecule has 0 aliphatic carbocycles. The number of aromatic amines is 2. The van der Waals surface area contributed by atoms with Crippen LogP contribution in [0, 0.1) is 0 Å². The molecule has 148 valence electrons. The number of aromatic nitrogens is 4. The van der Waals surface area contributed by atoms with E-state index < -0.39 is 0 Å². The molecule has 8 heteroatoms. The van der Waals surface area contributed by atoms with Gasteiger partial charge < -0.3 is 9.97 Å². The number of fused-ring (bicyclic) bond motifs is 8. The van der Waals surface area contributed by atoms with Crippen LogP contribution in [0.25, 0.3) is 46.4 Å². The van der Waals surface area contributed by atoms with Crippen molar-refractivity contribution in [2.24, 2.45) is 5.84 Å². The summed E-state index contributed by atoms with van der Waals surface area (Å²) in [5.41, 5.74) is 7.86. The molecule has 0 radical (unpaired) electrons. The number of H-pyrrole nitrogens is 2. The lowest BCUT2D eigenvalue weighted by atomic mass is 10.3. The van der Waals surface area contributed by atoms with E-state index in [0.29, 0.717) is 5.01 Å². The summed E-state index contributed by atoms with van der Waals surface area (Å²) < 4.78 is 0. The van der Waals surface area contributed by atoms with Crippen molar-refractivity contribution in [3.8, 4) is 0 Å². The highest BCUT2D eigenvalue weighted by molar-refractivity contribution is 5.77. The minimum Gasteiger partial charge on any atom is -0.355 e. The van der Waals surface area contributed by atoms with Crippen molar-refractivity contribution in [1.82, 2.24) is 24.9 Å². The third kappa shape index (κ3) is 4.57. The monoisotopic (exact) mass is 398 g/mol. The first-order valence-electron chi connectivity index (χ1n) is 9.09. The molecule has 0 atom stereocenters. The van der Waals surface area contributed by atoms with Gasteiger partial charge in [-0.3, -0.25) is 9.59 Å². The van der Waals surface area contributed by atoms with E-state index in [1.807, 2.05) is 48.6 Å². The van der Waals surface area contributed by atoms with Gasteiger partial charge in [0.05, 0.1) is 22.8 Å². The maximum Gasteiger partial charge on any atom is 0.230 e. The molecule has 30 heavy (non-hydrogen) atoms. The van der Waals surface area contributed by atoms with E-state index in [9.17, 15) is 9.59 Å². The van der Waals surface area contributed by atoms with Crippen LogP contribution in [0.3, 0.4) is 0 Å². The van der Waals surface area contributed by atoms with Crippen molar-refractivity contribution in [3.05, 3.63) is 71.3 Å². The van der Waals surface area contributed by atoms with Crippen molar-refractivity contribution in [1.29, 1.82) is 0 Å². The molecular weight excluding hydrogens is 380 g/mol. The van der Waals surface area contributed by atoms with Gasteiger partial charge >= 0.3 is 0 Å². The van der Waals surface area contributed by atoms with Crippen LogP contribution in [0.15, 0.2) is 48.5 Å². The van der Waals surface area contributed by atoms with E-state index in [-0.39, 0.29) is 12.8 Å². The standard InChI is InChI=1S/C20H14N4.C2H4N2O2/c1-2-14-10-16-5-6-18(23-16)12-20-8-7-19(24-20)11-17-4-3-15(22-17)9-13(1)21-14;3-4(1-5)2-6/h1-12,21,24H;1-2H,3H2. The van der Waals surface area contributed by atoms with E-state index in [0.717, 1.165) is 44.8 Å². The van der Waals surface area contributed by atoms with Crippen molar-refractivity contribution in [3.63, 3.8) is 0 Å². The van der Waals surface area contributed by atoms with Gasteiger partial charge in [0, 0.05) is 22.1 Å². The van der Waals surface area contributed by atoms with Crippen LogP contribution in [0.5, 0.6) is 0 Å². The molecule has 2 aliphatic heterocycles. The molecule has 2 aliphatic rings. The van der Waals surface area contributed by atoms with E-state index in [2.05, 4.69) is 50.0 Å². The highest BCUT2D eigenvalue weighted by atomic mass is 16.2. The predicted octanol–water partition coefficient (Wildman–Crippen LogP) is 3.13. The molecule has 3 aromatic heterocycles. The Balaban J connectivity index is 0.000000322. The molecule has 0 unspecified atom stereocenters. The minimum atomic E-state index is 0.215. The molecule has 5 rings (SSSR count). The SMILES string of the molecule is C1=Cc2cc3ccc(cc4nc(cc5ccc(cc1n2)[nH]5)C=C4)[nH]3.NN(C=O)C=O. The maximum atomic E-state index is 9.31. The number of hydrazine groups is 1. The lowest BCUT2D eigenvalue weighted by Crippen LogP contribution is -2.26. The van der Waals surface area contributed by atoms with Gasteiger partial charge in [-0.15, -0.1) is 0 Å². The number of carbonyl (C=O) groups is 2. The minimum absolute atomic E-state index is 0.215. The smallest absolute Gasteiger partial charge is 0.230 e. The fourth-order valence-electron chi connectivity index (χ4n) is 2.97. The number of nitrogens with zero attached hydrogens (tertiary/aromatic N) is 3. The summed E-state index contributed by atoms with van der Waals surface area (Å²) >= 11 is 0. The third-order valence-corrected chi connectivity index (χ3v) is 4.29. The van der Waals surface area contributed by atoms with E-state index in [4.69, 9.17) is 0 Å². The Hall–Kier alpha value is -4.30. The molecule has 0 saturated heterocycles. The number of hydrogen-bond donors (Lipinski definition) is 3. The van der Waals surface area contributed by atoms with Gasteiger partial charge in [0.2, 0.25) is 12.8 Å². The summed E-state index contributed by atoms with van der Waals surface area (Å²) in [6.45, 7) is 0. The summed E-state index contributed by atoms with van der Waals surface area (Å²) in [5.74, 6) is 4.57. The van der Waals surface area contributed by atoms with Crippen molar-refractivity contribution in [2.75, 3.05) is 0 Å². The number of imide groups is 1. The molecule has 8 bridgehead atoms. The van der Waals surface area contributed by atoms with Crippen LogP contribution >= 0.6 is 0 Å².